The highest BCUT2D eigenvalue weighted by Gasteiger charge is 2.35. The number of nitro groups is 1. The largest absolute Gasteiger partial charge is 0.326 e. The Bertz CT molecular complexity index is 1390. The molecule has 2 heterocycles. The Morgan fingerprint density at radius 1 is 1.15 bits per heavy atom. The average Bonchev–Trinajstić information content (AvgIpc) is 2.73. The smallest absolute Gasteiger partial charge is 0.274 e. The quantitative estimate of drug-likeness (QED) is 0.301. The summed E-state index contributed by atoms with van der Waals surface area (Å²) in [7, 11) is 0. The van der Waals surface area contributed by atoms with Crippen molar-refractivity contribution in [3.63, 3.8) is 0 Å². The number of amides is 2. The van der Waals surface area contributed by atoms with Gasteiger partial charge in [-0.2, -0.15) is 4.98 Å². The molecule has 0 radical (unpaired) electrons. The topological polar surface area (TPSA) is 159 Å². The van der Waals surface area contributed by atoms with E-state index in [9.17, 15) is 24.5 Å². The van der Waals surface area contributed by atoms with Crippen LogP contribution < -0.4 is 21.5 Å². The SMILES string of the molecule is Cc1ccc(NC(=O)C2CC(=O)Nc3nc(Nc4cc(Cl)cc(Cl)c4)[nH]c(=O)c32)cc1[N+](=O)[O-]. The van der Waals surface area contributed by atoms with Gasteiger partial charge in [-0.1, -0.05) is 29.3 Å². The highest BCUT2D eigenvalue weighted by Crippen LogP contribution is 2.31. The molecule has 34 heavy (non-hydrogen) atoms. The summed E-state index contributed by atoms with van der Waals surface area (Å²) >= 11 is 12.0. The lowest BCUT2D eigenvalue weighted by Crippen LogP contribution is -2.36. The Morgan fingerprint density at radius 2 is 1.85 bits per heavy atom. The van der Waals surface area contributed by atoms with E-state index in [1.165, 1.54) is 24.3 Å². The molecule has 1 atom stereocenters. The van der Waals surface area contributed by atoms with E-state index in [2.05, 4.69) is 25.9 Å². The Labute approximate surface area is 201 Å². The second kappa shape index (κ2) is 9.12. The van der Waals surface area contributed by atoms with Crippen molar-refractivity contribution in [2.24, 2.45) is 0 Å². The minimum absolute atomic E-state index is 0.00222. The second-order valence-electron chi connectivity index (χ2n) is 7.51. The van der Waals surface area contributed by atoms with Crippen LogP contribution in [0, 0.1) is 17.0 Å². The van der Waals surface area contributed by atoms with Crippen molar-refractivity contribution in [3.8, 4) is 0 Å². The van der Waals surface area contributed by atoms with Crippen LogP contribution in [-0.4, -0.2) is 26.7 Å². The highest BCUT2D eigenvalue weighted by molar-refractivity contribution is 6.35. The van der Waals surface area contributed by atoms with Crippen molar-refractivity contribution >= 4 is 63.8 Å². The fourth-order valence-corrected chi connectivity index (χ4v) is 4.06. The molecule has 3 aromatic rings. The van der Waals surface area contributed by atoms with Gasteiger partial charge < -0.3 is 16.0 Å². The van der Waals surface area contributed by atoms with Crippen LogP contribution in [0.5, 0.6) is 0 Å². The number of fused-ring (bicyclic) bond motifs is 1. The first kappa shape index (κ1) is 23.2. The van der Waals surface area contributed by atoms with Gasteiger partial charge in [-0.25, -0.2) is 0 Å². The van der Waals surface area contributed by atoms with E-state index in [0.717, 1.165) is 0 Å². The van der Waals surface area contributed by atoms with Gasteiger partial charge in [0.15, 0.2) is 0 Å². The molecule has 0 fully saturated rings. The van der Waals surface area contributed by atoms with Crippen molar-refractivity contribution < 1.29 is 14.5 Å². The summed E-state index contributed by atoms with van der Waals surface area (Å²) < 4.78 is 0. The van der Waals surface area contributed by atoms with Gasteiger partial charge in [0, 0.05) is 39.5 Å². The van der Waals surface area contributed by atoms with Gasteiger partial charge in [0.25, 0.3) is 11.2 Å². The summed E-state index contributed by atoms with van der Waals surface area (Å²) in [4.78, 5) is 55.4. The Kier molecular flexibility index (Phi) is 6.22. The van der Waals surface area contributed by atoms with Crippen LogP contribution in [0.25, 0.3) is 0 Å². The van der Waals surface area contributed by atoms with Crippen molar-refractivity contribution in [1.29, 1.82) is 0 Å². The number of nitro benzene ring substituents is 1. The van der Waals surface area contributed by atoms with Gasteiger partial charge in [-0.15, -0.1) is 0 Å². The van der Waals surface area contributed by atoms with Gasteiger partial charge in [-0.3, -0.25) is 29.5 Å². The van der Waals surface area contributed by atoms with Crippen LogP contribution in [0.3, 0.4) is 0 Å². The van der Waals surface area contributed by atoms with E-state index in [-0.39, 0.29) is 35.1 Å². The number of carbonyl (C=O) groups excluding carboxylic acids is 2. The maximum atomic E-state index is 13.0. The molecule has 0 aliphatic carbocycles. The predicted octanol–water partition coefficient (Wildman–Crippen LogP) is 4.10. The van der Waals surface area contributed by atoms with Gasteiger partial charge in [-0.05, 0) is 31.2 Å². The van der Waals surface area contributed by atoms with Crippen molar-refractivity contribution in [2.45, 2.75) is 19.3 Å². The molecule has 1 unspecified atom stereocenters. The van der Waals surface area contributed by atoms with E-state index in [4.69, 9.17) is 23.2 Å². The molecule has 11 nitrogen and oxygen atoms in total. The Hall–Kier alpha value is -3.96. The molecule has 2 amide bonds. The lowest BCUT2D eigenvalue weighted by Gasteiger charge is -2.23. The van der Waals surface area contributed by atoms with Crippen molar-refractivity contribution in [2.75, 3.05) is 16.0 Å². The van der Waals surface area contributed by atoms with E-state index in [0.29, 0.717) is 21.3 Å². The summed E-state index contributed by atoms with van der Waals surface area (Å²) in [6, 6.07) is 8.84. The standard InChI is InChI=1S/C21H16Cl2N6O5/c1-9-2-3-12(7-15(9)29(33)34)24-19(31)14-8-16(30)26-18-17(14)20(32)28-21(27-18)25-13-5-10(22)4-11(23)6-13/h2-7,14H,8H2,1H3,(H,24,31)(H3,25,26,27,28,30,32). The molecule has 4 N–H and O–H groups in total. The number of H-pyrrole nitrogens is 1. The van der Waals surface area contributed by atoms with Crippen molar-refractivity contribution in [1.82, 2.24) is 9.97 Å². The van der Waals surface area contributed by atoms with Gasteiger partial charge >= 0.3 is 0 Å². The summed E-state index contributed by atoms with van der Waals surface area (Å²) in [6.45, 7) is 1.57. The first-order valence-electron chi connectivity index (χ1n) is 9.84. The fraction of sp³-hybridized carbons (Fsp3) is 0.143. The van der Waals surface area contributed by atoms with Crippen LogP contribution in [-0.2, 0) is 9.59 Å². The number of rotatable bonds is 5. The minimum atomic E-state index is -1.16. The molecular weight excluding hydrogens is 487 g/mol. The zero-order chi connectivity index (χ0) is 24.6. The summed E-state index contributed by atoms with van der Waals surface area (Å²) in [5, 5.41) is 19.8. The molecule has 4 rings (SSSR count). The molecule has 0 saturated heterocycles. The number of benzene rings is 2. The van der Waals surface area contributed by atoms with Crippen LogP contribution in [0.15, 0.2) is 41.2 Å². The van der Waals surface area contributed by atoms with Gasteiger partial charge in [0.05, 0.1) is 16.4 Å². The van der Waals surface area contributed by atoms with Crippen LogP contribution >= 0.6 is 23.2 Å². The maximum absolute atomic E-state index is 13.0. The lowest BCUT2D eigenvalue weighted by atomic mass is 9.92. The summed E-state index contributed by atoms with van der Waals surface area (Å²) in [5.74, 6) is -2.43. The first-order chi connectivity index (χ1) is 16.1. The number of carbonyl (C=O) groups is 2. The third kappa shape index (κ3) is 4.85. The summed E-state index contributed by atoms with van der Waals surface area (Å²) in [6.07, 6.45) is -0.297. The molecule has 0 bridgehead atoms. The van der Waals surface area contributed by atoms with E-state index < -0.39 is 28.2 Å². The number of aryl methyl sites for hydroxylation is 1. The Morgan fingerprint density at radius 3 is 2.53 bits per heavy atom. The summed E-state index contributed by atoms with van der Waals surface area (Å²) in [5.41, 5.74) is 0.181. The van der Waals surface area contributed by atoms with Gasteiger partial charge in [0.1, 0.15) is 5.82 Å². The number of hydrogen-bond donors (Lipinski definition) is 4. The zero-order valence-corrected chi connectivity index (χ0v) is 19.0. The molecule has 13 heteroatoms. The molecule has 0 spiro atoms. The average molecular weight is 503 g/mol. The number of aromatic nitrogens is 2. The third-order valence-corrected chi connectivity index (χ3v) is 5.50. The molecule has 2 aromatic carbocycles. The highest BCUT2D eigenvalue weighted by atomic mass is 35.5. The number of anilines is 4. The number of halogens is 2. The monoisotopic (exact) mass is 502 g/mol. The molecule has 0 saturated carbocycles. The van der Waals surface area contributed by atoms with Gasteiger partial charge in [0.2, 0.25) is 17.8 Å². The van der Waals surface area contributed by atoms with Crippen LogP contribution in [0.4, 0.5) is 28.8 Å². The molecule has 174 valence electrons. The number of nitrogens with one attached hydrogen (secondary N) is 4. The van der Waals surface area contributed by atoms with E-state index >= 15 is 0 Å². The lowest BCUT2D eigenvalue weighted by molar-refractivity contribution is -0.385. The molecular formula is C21H16Cl2N6O5. The van der Waals surface area contributed by atoms with E-state index in [1.807, 2.05) is 0 Å². The maximum Gasteiger partial charge on any atom is 0.274 e. The second-order valence-corrected chi connectivity index (χ2v) is 8.39. The third-order valence-electron chi connectivity index (χ3n) is 5.07. The minimum Gasteiger partial charge on any atom is -0.326 e. The van der Waals surface area contributed by atoms with E-state index in [1.54, 1.807) is 19.1 Å². The Balaban J connectivity index is 1.64. The molecule has 1 aromatic heterocycles. The molecule has 1 aliphatic heterocycles. The number of hydrogen-bond acceptors (Lipinski definition) is 7. The molecule has 1 aliphatic rings. The van der Waals surface area contributed by atoms with Crippen LogP contribution in [0.1, 0.15) is 23.5 Å². The zero-order valence-electron chi connectivity index (χ0n) is 17.4. The number of nitrogens with zero attached hydrogens (tertiary/aromatic N) is 2. The predicted molar refractivity (Wildman–Crippen MR) is 127 cm³/mol. The first-order valence-corrected chi connectivity index (χ1v) is 10.6. The van der Waals surface area contributed by atoms with Crippen LogP contribution in [0.2, 0.25) is 10.0 Å². The number of aromatic amines is 1. The fourth-order valence-electron chi connectivity index (χ4n) is 3.53. The normalized spacial score (nSPS) is 14.7. The van der Waals surface area contributed by atoms with Crippen molar-refractivity contribution in [3.05, 3.63) is 78.0 Å².